The minimum atomic E-state index is -1.29. The number of aromatic nitrogens is 5. The monoisotopic (exact) mass is 2060 g/mol. The van der Waals surface area contributed by atoms with Gasteiger partial charge < -0.3 is 119 Å². The van der Waals surface area contributed by atoms with Crippen LogP contribution in [0.15, 0.2) is 116 Å². The molecule has 0 spiro atoms. The summed E-state index contributed by atoms with van der Waals surface area (Å²) in [5.41, 5.74) is 0. The van der Waals surface area contributed by atoms with Crippen LogP contribution in [0.1, 0.15) is 195 Å². The fourth-order valence-electron chi connectivity index (χ4n) is 8.74. The number of halogens is 4. The molecule has 0 unspecified atom stereocenters. The first-order valence-corrected chi connectivity index (χ1v) is 42.9. The molecule has 0 fully saturated rings. The molecule has 20 N–H and O–H groups in total. The van der Waals surface area contributed by atoms with Crippen LogP contribution in [0.3, 0.4) is 0 Å². The fraction of sp³-hybridized carbons (Fsp3) is 0.523. The van der Waals surface area contributed by atoms with E-state index in [0.29, 0.717) is 126 Å². The van der Waals surface area contributed by atoms with Gasteiger partial charge in [0.05, 0.1) is 28.7 Å². The van der Waals surface area contributed by atoms with E-state index >= 15 is 0 Å². The summed E-state index contributed by atoms with van der Waals surface area (Å²) in [6, 6.07) is 13.7. The standard InChI is InChI=1S/3C16H27N3O7.C13H23N3O6.C6H6.C5H5N.2C4H4N2.4CH3F.4CO2/c3*1-11(20)5-7-13(21)17-9-3-2-4-10-18-16(26)19-12(15(24)25)6-8-14(22)23;1-9(17)14-7-3-2-4-8-15-13(22)16-10(12(20)21)5-6-11(18)19;2*1-2-4-6-5-3-1;1-2-6-4-3-5-1;1-2-4-6-5-3-1;4*1-2;4*2-1-3/h3*12H,2-10H2,1H3,(H,17,21)(H,22,23)(H,24,25)(H2,18,19,26);10H,2-8H2,1H3,(H,14,17)(H,18,19)(H,20,21)(H2,15,16,22);1-6H;1-5H;2*1-4H;4*1H3;;;;/t3*12-;10-;;;;;;;;;;;;/m0000............/s1/i;;;;;;;;4*2-1;;;;. The number of benzene rings is 1. The first-order chi connectivity index (χ1) is 68.6. The lowest BCUT2D eigenvalue weighted by molar-refractivity contribution is -0.193. The number of hydrogen-bond acceptors (Lipinski definition) is 32. The van der Waals surface area contributed by atoms with Crippen molar-refractivity contribution in [3.05, 3.63) is 116 Å². The highest BCUT2D eigenvalue weighted by Crippen LogP contribution is 2.05. The van der Waals surface area contributed by atoms with Gasteiger partial charge in [-0.05, 0) is 148 Å². The Morgan fingerprint density at radius 1 is 0.236 bits per heavy atom. The van der Waals surface area contributed by atoms with E-state index in [9.17, 15) is 109 Å². The molecule has 0 saturated carbocycles. The molecular weight excluding hydrogens is 1930 g/mol. The van der Waals surface area contributed by atoms with E-state index in [4.69, 9.17) is 79.2 Å². The van der Waals surface area contributed by atoms with Crippen LogP contribution in [-0.2, 0) is 110 Å². The Labute approximate surface area is 827 Å². The maximum atomic E-state index is 11.6. The highest BCUT2D eigenvalue weighted by molar-refractivity contribution is 5.87. The lowest BCUT2D eigenvalue weighted by Gasteiger charge is -2.14. The van der Waals surface area contributed by atoms with Crippen LogP contribution >= 0.6 is 0 Å². The largest absolute Gasteiger partial charge is 0.481 e. The minimum Gasteiger partial charge on any atom is -0.481 e. The first kappa shape index (κ1) is 153. The number of unbranched alkanes of at least 4 members (excludes halogenated alkanes) is 8. The summed E-state index contributed by atoms with van der Waals surface area (Å²) in [5.74, 6) is -10.3. The van der Waals surface area contributed by atoms with Crippen molar-refractivity contribution in [2.24, 2.45) is 0 Å². The molecule has 0 bridgehead atoms. The number of pyridine rings is 1. The van der Waals surface area contributed by atoms with Gasteiger partial charge in [0, 0.05) is 173 Å². The molecule has 0 aliphatic rings. The Balaban J connectivity index is -0.000000141. The number of carbonyl (C=O) groups excluding carboxylic acids is 19. The Bertz CT molecular complexity index is 3640. The Morgan fingerprint density at radius 3 is 0.549 bits per heavy atom. The third kappa shape index (κ3) is 148. The number of alkyl halides is 4. The van der Waals surface area contributed by atoms with Crippen LogP contribution in [0, 0.1) is 0 Å². The van der Waals surface area contributed by atoms with Crippen molar-refractivity contribution in [2.45, 2.75) is 219 Å². The third-order valence-electron chi connectivity index (χ3n) is 15.2. The van der Waals surface area contributed by atoms with Gasteiger partial charge in [0.1, 0.15) is 41.5 Å². The van der Waals surface area contributed by atoms with Gasteiger partial charge in [-0.15, -0.1) is 0 Å². The molecule has 0 aliphatic carbocycles. The van der Waals surface area contributed by atoms with E-state index in [1.54, 1.807) is 49.6 Å². The number of amides is 12. The Hall–Kier alpha value is -16.5. The number of hydrogen-bond donors (Lipinski definition) is 20. The molecule has 1 aromatic carbocycles. The van der Waals surface area contributed by atoms with E-state index < -0.39 is 96.0 Å². The zero-order valence-corrected chi connectivity index (χ0v) is 81.2. The van der Waals surface area contributed by atoms with E-state index in [0.717, 1.165) is 32.1 Å². The molecule has 3 aromatic heterocycles. The number of carbonyl (C=O) groups is 19. The molecular formula is C88H135F4N17O35. The van der Waals surface area contributed by atoms with E-state index in [2.05, 4.69) is 89.0 Å². The van der Waals surface area contributed by atoms with Crippen LogP contribution in [0.4, 0.5) is 36.7 Å². The molecule has 810 valence electrons. The summed E-state index contributed by atoms with van der Waals surface area (Å²) in [6.07, 6.45) is 22.0. The molecule has 12 amide bonds. The molecule has 144 heavy (non-hydrogen) atoms. The average Bonchev–Trinajstić information content (AvgIpc) is 0.946. The van der Waals surface area contributed by atoms with Gasteiger partial charge in [-0.3, -0.25) is 70.9 Å². The molecule has 4 atom stereocenters. The first-order valence-electron chi connectivity index (χ1n) is 42.9. The third-order valence-corrected chi connectivity index (χ3v) is 15.2. The number of ketones is 3. The van der Waals surface area contributed by atoms with Crippen molar-refractivity contribution in [3.8, 4) is 0 Å². The molecule has 56 heteroatoms. The van der Waals surface area contributed by atoms with E-state index in [-0.39, 0.29) is 155 Å². The molecule has 52 nitrogen and oxygen atoms in total. The lowest BCUT2D eigenvalue weighted by Crippen LogP contribution is -2.46. The number of carboxylic acid groups (broad SMARTS) is 8. The van der Waals surface area contributed by atoms with Crippen molar-refractivity contribution >= 4 is 137 Å². The number of nitrogens with zero attached hydrogens (tertiary/aromatic N) is 5. The Morgan fingerprint density at radius 2 is 0.410 bits per heavy atom. The van der Waals surface area contributed by atoms with Crippen molar-refractivity contribution in [1.29, 1.82) is 0 Å². The predicted molar refractivity (Wildman–Crippen MR) is 495 cm³/mol. The normalized spacial score (nSPS) is 9.56. The smallest absolute Gasteiger partial charge is 0.373 e. The summed E-state index contributed by atoms with van der Waals surface area (Å²) in [4.78, 5) is 285. The number of nitrogens with one attached hydrogen (secondary N) is 12. The molecule has 0 saturated heterocycles. The van der Waals surface area contributed by atoms with Crippen LogP contribution in [0.2, 0.25) is 0 Å². The average molecular weight is 2060 g/mol. The molecule has 0 aliphatic heterocycles. The highest BCUT2D eigenvalue weighted by atomic mass is 18.2. The van der Waals surface area contributed by atoms with Crippen LogP contribution < -0.4 is 63.8 Å². The number of rotatable bonds is 53. The van der Waals surface area contributed by atoms with Gasteiger partial charge in [-0.25, -0.2) is 38.4 Å². The van der Waals surface area contributed by atoms with Crippen LogP contribution in [0.5, 0.6) is 0 Å². The van der Waals surface area contributed by atoms with Gasteiger partial charge >= 0.3 is 96.5 Å². The lowest BCUT2D eigenvalue weighted by atomic mass is 10.1. The second-order valence-electron chi connectivity index (χ2n) is 26.6. The summed E-state index contributed by atoms with van der Waals surface area (Å²) >= 11 is 0. The van der Waals surface area contributed by atoms with Crippen molar-refractivity contribution in [2.75, 3.05) is 81.1 Å². The predicted octanol–water partition coefficient (Wildman–Crippen LogP) is 4.42. The van der Waals surface area contributed by atoms with Crippen molar-refractivity contribution in [3.63, 3.8) is 0 Å². The zero-order valence-electron chi connectivity index (χ0n) is 81.2. The van der Waals surface area contributed by atoms with Crippen LogP contribution in [0.25, 0.3) is 0 Å². The topological polar surface area (TPSA) is 832 Å². The van der Waals surface area contributed by atoms with Gasteiger partial charge in [-0.2, -0.15) is 48.6 Å². The Kier molecular flexibility index (Phi) is 132. The summed E-state index contributed by atoms with van der Waals surface area (Å²) < 4.78 is 38.0. The SMILES string of the molecule is CC(=O)CCC(=O)NCCCCCNC(=O)N[C@@H](CCC(=O)O)C(=O)O.CC(=O)CCC(=O)NCCCCCNC(=O)N[C@@H](CCC(=O)O)C(=O)O.CC(=O)CCC(=O)NCCCCCNC(=O)N[C@@H](CCC(=O)O)C(=O)O.CC(=O)NCCCCCNC(=O)N[C@@H](CCC(=O)O)C(=O)O.C[18F].C[18F].C[18F].C[18F].O=C=O.O=C=O.O=C=O.O=C=O.c1ccccc1.c1ccncc1.c1ccnnc1.c1cnccn1. The van der Waals surface area contributed by atoms with E-state index in [1.165, 1.54) is 27.7 Å². The summed E-state index contributed by atoms with van der Waals surface area (Å²) in [7, 11) is 2.00. The minimum absolute atomic E-state index is 0.0300. The summed E-state index contributed by atoms with van der Waals surface area (Å²) in [5, 5.41) is 107. The van der Waals surface area contributed by atoms with Crippen LogP contribution in [-0.4, -0.2) is 309 Å². The van der Waals surface area contributed by atoms with Crippen molar-refractivity contribution < 1.29 is 188 Å². The number of urea groups is 4. The van der Waals surface area contributed by atoms with Gasteiger partial charge in [-0.1, -0.05) is 42.5 Å². The summed E-state index contributed by atoms with van der Waals surface area (Å²) in [6.45, 7) is 9.13. The molecule has 4 aromatic rings. The van der Waals surface area contributed by atoms with Gasteiger partial charge in [0.2, 0.25) is 23.6 Å². The number of aliphatic carboxylic acids is 8. The molecule has 4 rings (SSSR count). The number of Topliss-reactive ketones (excluding diaryl/α,β-unsaturated/α-hetero) is 3. The quantitative estimate of drug-likeness (QED) is 0.0215. The molecule has 0 radical (unpaired) electrons. The second-order valence-corrected chi connectivity index (χ2v) is 26.6. The highest BCUT2D eigenvalue weighted by Gasteiger charge is 2.24. The van der Waals surface area contributed by atoms with E-state index in [1.807, 2.05) is 66.7 Å². The maximum Gasteiger partial charge on any atom is 0.373 e. The second kappa shape index (κ2) is 125. The fourth-order valence-corrected chi connectivity index (χ4v) is 8.74. The molecule has 3 heterocycles. The van der Waals surface area contributed by atoms with Gasteiger partial charge in [0.15, 0.2) is 0 Å². The zero-order chi connectivity index (χ0) is 113. The van der Waals surface area contributed by atoms with Gasteiger partial charge in [0.25, 0.3) is 0 Å². The number of carboxylic acids is 8. The van der Waals surface area contributed by atoms with Crippen molar-refractivity contribution in [1.82, 2.24) is 89.0 Å². The maximum absolute atomic E-state index is 11.6.